The van der Waals surface area contributed by atoms with Crippen molar-refractivity contribution in [3.63, 3.8) is 0 Å². The Labute approximate surface area is 128 Å². The molecule has 5 nitrogen and oxygen atoms in total. The van der Waals surface area contributed by atoms with Crippen molar-refractivity contribution in [2.75, 3.05) is 0 Å². The molecule has 2 aromatic carbocycles. The third-order valence-electron chi connectivity index (χ3n) is 2.97. The highest BCUT2D eigenvalue weighted by Crippen LogP contribution is 2.22. The summed E-state index contributed by atoms with van der Waals surface area (Å²) in [6, 6.07) is 13.3. The second kappa shape index (κ2) is 5.22. The number of hydrogen-bond acceptors (Lipinski definition) is 3. The predicted molar refractivity (Wildman–Crippen MR) is 85.9 cm³/mol. The summed E-state index contributed by atoms with van der Waals surface area (Å²) in [5.74, 6) is 5.59. The van der Waals surface area contributed by atoms with E-state index >= 15 is 0 Å². The third kappa shape index (κ3) is 2.39. The smallest absolute Gasteiger partial charge is 0.265 e. The fraction of sp³-hybridized carbons (Fsp3) is 0. The number of nitrogens with zero attached hydrogens (tertiary/aromatic N) is 1. The van der Waals surface area contributed by atoms with Gasteiger partial charge in [-0.25, -0.2) is 10.8 Å². The molecule has 0 unspecified atom stereocenters. The lowest BCUT2D eigenvalue weighted by molar-refractivity contribution is 0.0954. The molecule has 0 aliphatic heterocycles. The van der Waals surface area contributed by atoms with Crippen molar-refractivity contribution in [3.8, 4) is 11.4 Å². The molecule has 6 heteroatoms. The number of hydrazine groups is 1. The largest absolute Gasteiger partial charge is 0.338 e. The van der Waals surface area contributed by atoms with Crippen LogP contribution in [0.15, 0.2) is 42.5 Å². The van der Waals surface area contributed by atoms with Gasteiger partial charge in [0.05, 0.1) is 11.0 Å². The number of nitrogens with two attached hydrogens (primary N) is 1. The molecule has 0 spiro atoms. The number of aromatic nitrogens is 2. The number of carbonyl (C=O) groups excluding carboxylic acids is 1. The summed E-state index contributed by atoms with van der Waals surface area (Å²) >= 11 is 2.26. The van der Waals surface area contributed by atoms with E-state index in [1.165, 1.54) is 0 Å². The fourth-order valence-corrected chi connectivity index (χ4v) is 2.55. The molecule has 0 atom stereocenters. The molecule has 0 saturated heterocycles. The number of halogens is 1. The summed E-state index contributed by atoms with van der Waals surface area (Å²) in [5.41, 5.74) is 5.25. The van der Waals surface area contributed by atoms with Gasteiger partial charge in [0.1, 0.15) is 5.82 Å². The summed E-state index contributed by atoms with van der Waals surface area (Å²) in [6.45, 7) is 0. The molecule has 20 heavy (non-hydrogen) atoms. The lowest BCUT2D eigenvalue weighted by atomic mass is 10.2. The van der Waals surface area contributed by atoms with Crippen LogP contribution in [0.3, 0.4) is 0 Å². The molecule has 100 valence electrons. The maximum atomic E-state index is 11.5. The van der Waals surface area contributed by atoms with Gasteiger partial charge < -0.3 is 4.98 Å². The number of H-pyrrole nitrogens is 1. The number of nitrogens with one attached hydrogen (secondary N) is 2. The molecule has 3 rings (SSSR count). The van der Waals surface area contributed by atoms with Crippen molar-refractivity contribution in [2.45, 2.75) is 0 Å². The number of rotatable bonds is 2. The van der Waals surface area contributed by atoms with Gasteiger partial charge in [0.25, 0.3) is 5.91 Å². The highest BCUT2D eigenvalue weighted by atomic mass is 127. The van der Waals surface area contributed by atoms with Gasteiger partial charge >= 0.3 is 0 Å². The molecule has 1 heterocycles. The molecule has 1 aromatic heterocycles. The van der Waals surface area contributed by atoms with Crippen LogP contribution in [0.25, 0.3) is 22.4 Å². The Kier molecular flexibility index (Phi) is 3.41. The zero-order valence-corrected chi connectivity index (χ0v) is 12.5. The van der Waals surface area contributed by atoms with Crippen molar-refractivity contribution >= 4 is 39.5 Å². The first kappa shape index (κ1) is 13.1. The molecule has 0 bridgehead atoms. The van der Waals surface area contributed by atoms with Gasteiger partial charge in [-0.1, -0.05) is 12.1 Å². The number of hydrogen-bond donors (Lipinski definition) is 3. The monoisotopic (exact) mass is 378 g/mol. The van der Waals surface area contributed by atoms with Gasteiger partial charge in [-0.05, 0) is 52.9 Å². The average Bonchev–Trinajstić information content (AvgIpc) is 2.89. The molecular formula is C14H11IN4O. The van der Waals surface area contributed by atoms with Crippen LogP contribution in [0.1, 0.15) is 10.4 Å². The summed E-state index contributed by atoms with van der Waals surface area (Å²) in [6.07, 6.45) is 0. The lowest BCUT2D eigenvalue weighted by Gasteiger charge is -1.98. The zero-order valence-electron chi connectivity index (χ0n) is 10.4. The Bertz CT molecular complexity index is 797. The highest BCUT2D eigenvalue weighted by Gasteiger charge is 2.09. The van der Waals surface area contributed by atoms with Crippen LogP contribution in [-0.2, 0) is 0 Å². The molecular weight excluding hydrogens is 367 g/mol. The van der Waals surface area contributed by atoms with Crippen LogP contribution in [0.2, 0.25) is 0 Å². The molecule has 4 N–H and O–H groups in total. The normalized spacial score (nSPS) is 10.7. The topological polar surface area (TPSA) is 83.8 Å². The lowest BCUT2D eigenvalue weighted by Crippen LogP contribution is -2.29. The van der Waals surface area contributed by atoms with E-state index in [2.05, 4.69) is 38.0 Å². The Morgan fingerprint density at radius 2 is 2.10 bits per heavy atom. The molecule has 3 aromatic rings. The number of fused-ring (bicyclic) bond motifs is 1. The van der Waals surface area contributed by atoms with Crippen LogP contribution in [0.5, 0.6) is 0 Å². The average molecular weight is 378 g/mol. The minimum Gasteiger partial charge on any atom is -0.338 e. The van der Waals surface area contributed by atoms with Crippen LogP contribution in [0.4, 0.5) is 0 Å². The van der Waals surface area contributed by atoms with Crippen molar-refractivity contribution in [1.82, 2.24) is 15.4 Å². The van der Waals surface area contributed by atoms with Crippen molar-refractivity contribution in [3.05, 3.63) is 51.6 Å². The Hall–Kier alpha value is -1.93. The van der Waals surface area contributed by atoms with Crippen molar-refractivity contribution in [2.24, 2.45) is 5.84 Å². The summed E-state index contributed by atoms with van der Waals surface area (Å²) in [5, 5.41) is 0. The molecule has 0 aliphatic rings. The standard InChI is InChI=1S/C14H11IN4O/c15-10-3-1-2-8(6-10)13-17-11-5-4-9(14(20)19-16)7-12(11)18-13/h1-7H,16H2,(H,17,18)(H,19,20). The second-order valence-corrected chi connectivity index (χ2v) is 5.55. The summed E-state index contributed by atoms with van der Waals surface area (Å²) in [4.78, 5) is 19.3. The van der Waals surface area contributed by atoms with E-state index < -0.39 is 0 Å². The molecule has 0 fully saturated rings. The van der Waals surface area contributed by atoms with Crippen LogP contribution in [-0.4, -0.2) is 15.9 Å². The number of nitrogen functional groups attached to an aromatic ring is 1. The van der Waals surface area contributed by atoms with E-state index in [-0.39, 0.29) is 5.91 Å². The van der Waals surface area contributed by atoms with E-state index in [1.54, 1.807) is 18.2 Å². The summed E-state index contributed by atoms with van der Waals surface area (Å²) in [7, 11) is 0. The maximum absolute atomic E-state index is 11.5. The van der Waals surface area contributed by atoms with Crippen molar-refractivity contribution < 1.29 is 4.79 Å². The van der Waals surface area contributed by atoms with E-state index in [1.807, 2.05) is 24.3 Å². The van der Waals surface area contributed by atoms with Crippen molar-refractivity contribution in [1.29, 1.82) is 0 Å². The number of aromatic amines is 1. The second-order valence-electron chi connectivity index (χ2n) is 4.30. The number of carbonyl (C=O) groups is 1. The number of amides is 1. The Balaban J connectivity index is 2.09. The first-order valence-corrected chi connectivity index (χ1v) is 7.02. The van der Waals surface area contributed by atoms with Crippen LogP contribution >= 0.6 is 22.6 Å². The maximum Gasteiger partial charge on any atom is 0.265 e. The van der Waals surface area contributed by atoms with E-state index in [0.717, 1.165) is 26.0 Å². The number of imidazole rings is 1. The Morgan fingerprint density at radius 1 is 1.25 bits per heavy atom. The van der Waals surface area contributed by atoms with Crippen LogP contribution in [0, 0.1) is 3.57 Å². The molecule has 0 radical (unpaired) electrons. The first-order chi connectivity index (χ1) is 9.67. The molecule has 0 saturated carbocycles. The van der Waals surface area contributed by atoms with Gasteiger partial charge in [-0.2, -0.15) is 0 Å². The van der Waals surface area contributed by atoms with Crippen LogP contribution < -0.4 is 11.3 Å². The summed E-state index contributed by atoms with van der Waals surface area (Å²) < 4.78 is 1.14. The third-order valence-corrected chi connectivity index (χ3v) is 3.64. The SMILES string of the molecule is NNC(=O)c1ccc2nc(-c3cccc(I)c3)[nH]c2c1. The quantitative estimate of drug-likeness (QED) is 0.277. The fourth-order valence-electron chi connectivity index (χ4n) is 2.01. The minimum absolute atomic E-state index is 0.322. The highest BCUT2D eigenvalue weighted by molar-refractivity contribution is 14.1. The minimum atomic E-state index is -0.322. The first-order valence-electron chi connectivity index (χ1n) is 5.94. The zero-order chi connectivity index (χ0) is 14.1. The van der Waals surface area contributed by atoms with Gasteiger partial charge in [-0.3, -0.25) is 10.2 Å². The van der Waals surface area contributed by atoms with Gasteiger partial charge in [0.2, 0.25) is 0 Å². The van der Waals surface area contributed by atoms with E-state index in [0.29, 0.717) is 5.56 Å². The van der Waals surface area contributed by atoms with E-state index in [4.69, 9.17) is 5.84 Å². The Morgan fingerprint density at radius 3 is 2.85 bits per heavy atom. The molecule has 1 amide bonds. The van der Waals surface area contributed by atoms with Gasteiger partial charge in [0.15, 0.2) is 0 Å². The van der Waals surface area contributed by atoms with Gasteiger partial charge in [0, 0.05) is 14.7 Å². The van der Waals surface area contributed by atoms with Gasteiger partial charge in [-0.15, -0.1) is 0 Å². The predicted octanol–water partition coefficient (Wildman–Crippen LogP) is 2.44. The van der Waals surface area contributed by atoms with E-state index in [9.17, 15) is 4.79 Å². The number of benzene rings is 2. The molecule has 0 aliphatic carbocycles.